The SMILES string of the molecule is CCn1cncc1-c1cc(C(=O)N[C@@H](C)CO)cc(-c2ccc(C)cc2)c1. The molecule has 5 nitrogen and oxygen atoms in total. The molecule has 0 bridgehead atoms. The van der Waals surface area contributed by atoms with Crippen LogP contribution in [0.15, 0.2) is 55.0 Å². The number of hydrogen-bond donors (Lipinski definition) is 2. The highest BCUT2D eigenvalue weighted by atomic mass is 16.3. The fourth-order valence-corrected chi connectivity index (χ4v) is 2.99. The maximum Gasteiger partial charge on any atom is 0.251 e. The molecule has 2 aromatic carbocycles. The molecule has 0 aliphatic heterocycles. The van der Waals surface area contributed by atoms with E-state index in [9.17, 15) is 9.90 Å². The van der Waals surface area contributed by atoms with Gasteiger partial charge in [-0.2, -0.15) is 0 Å². The minimum Gasteiger partial charge on any atom is -0.394 e. The number of rotatable bonds is 6. The smallest absolute Gasteiger partial charge is 0.251 e. The van der Waals surface area contributed by atoms with Crippen LogP contribution in [-0.2, 0) is 6.54 Å². The van der Waals surface area contributed by atoms with Crippen LogP contribution < -0.4 is 5.32 Å². The van der Waals surface area contributed by atoms with Gasteiger partial charge in [0, 0.05) is 23.7 Å². The number of hydrogen-bond acceptors (Lipinski definition) is 3. The third-order valence-electron chi connectivity index (χ3n) is 4.58. The number of nitrogens with one attached hydrogen (secondary N) is 1. The number of aliphatic hydroxyl groups is 1. The van der Waals surface area contributed by atoms with Gasteiger partial charge in [-0.1, -0.05) is 29.8 Å². The van der Waals surface area contributed by atoms with Gasteiger partial charge in [0.2, 0.25) is 0 Å². The molecule has 0 saturated heterocycles. The lowest BCUT2D eigenvalue weighted by Gasteiger charge is -2.14. The van der Waals surface area contributed by atoms with Crippen molar-refractivity contribution in [3.63, 3.8) is 0 Å². The lowest BCUT2D eigenvalue weighted by molar-refractivity contribution is 0.0922. The molecule has 1 aromatic heterocycles. The Morgan fingerprint density at radius 3 is 2.52 bits per heavy atom. The maximum atomic E-state index is 12.7. The summed E-state index contributed by atoms with van der Waals surface area (Å²) in [6, 6.07) is 13.8. The van der Waals surface area contributed by atoms with Gasteiger partial charge in [0.15, 0.2) is 0 Å². The maximum absolute atomic E-state index is 12.7. The molecule has 5 heteroatoms. The Bertz CT molecular complexity index is 929. The van der Waals surface area contributed by atoms with E-state index in [0.717, 1.165) is 28.9 Å². The lowest BCUT2D eigenvalue weighted by atomic mass is 9.97. The van der Waals surface area contributed by atoms with Crippen LogP contribution in [0.25, 0.3) is 22.4 Å². The number of amides is 1. The van der Waals surface area contributed by atoms with Crippen molar-refractivity contribution >= 4 is 5.91 Å². The van der Waals surface area contributed by atoms with Crippen LogP contribution in [0.2, 0.25) is 0 Å². The minimum absolute atomic E-state index is 0.0984. The van der Waals surface area contributed by atoms with Crippen molar-refractivity contribution in [1.82, 2.24) is 14.9 Å². The molecule has 0 fully saturated rings. The summed E-state index contributed by atoms with van der Waals surface area (Å²) in [6.45, 7) is 6.58. The molecule has 0 radical (unpaired) electrons. The van der Waals surface area contributed by atoms with Crippen LogP contribution in [0.5, 0.6) is 0 Å². The summed E-state index contributed by atoms with van der Waals surface area (Å²) in [5.41, 5.74) is 5.68. The van der Waals surface area contributed by atoms with E-state index in [2.05, 4.69) is 54.5 Å². The highest BCUT2D eigenvalue weighted by molar-refractivity contribution is 5.97. The normalized spacial score (nSPS) is 12.0. The fourth-order valence-electron chi connectivity index (χ4n) is 2.99. The minimum atomic E-state index is -0.301. The average molecular weight is 363 g/mol. The third kappa shape index (κ3) is 4.26. The molecule has 0 saturated carbocycles. The van der Waals surface area contributed by atoms with Crippen LogP contribution in [0.4, 0.5) is 0 Å². The molecule has 0 aliphatic rings. The second kappa shape index (κ2) is 8.18. The summed E-state index contributed by atoms with van der Waals surface area (Å²) in [5, 5.41) is 12.1. The van der Waals surface area contributed by atoms with Crippen molar-refractivity contribution in [3.05, 3.63) is 66.1 Å². The standard InChI is InChI=1S/C22H25N3O2/c1-4-25-14-23-12-21(25)19-9-18(17-7-5-15(2)6-8-17)10-20(11-19)22(27)24-16(3)13-26/h5-12,14,16,26H,4,13H2,1-3H3,(H,24,27)/t16-/m0/s1. The molecule has 140 valence electrons. The molecule has 1 heterocycles. The number of imidazole rings is 1. The molecule has 3 rings (SSSR count). The predicted molar refractivity (Wildman–Crippen MR) is 108 cm³/mol. The van der Waals surface area contributed by atoms with Gasteiger partial charge in [-0.05, 0) is 50.1 Å². The van der Waals surface area contributed by atoms with Gasteiger partial charge >= 0.3 is 0 Å². The zero-order valence-corrected chi connectivity index (χ0v) is 15.9. The largest absolute Gasteiger partial charge is 0.394 e. The average Bonchev–Trinajstić information content (AvgIpc) is 3.17. The number of aromatic nitrogens is 2. The van der Waals surface area contributed by atoms with Gasteiger partial charge in [0.25, 0.3) is 5.91 Å². The van der Waals surface area contributed by atoms with Gasteiger partial charge in [0.1, 0.15) is 0 Å². The van der Waals surface area contributed by atoms with E-state index >= 15 is 0 Å². The Labute approximate surface area is 159 Å². The molecular weight excluding hydrogens is 338 g/mol. The second-order valence-electron chi connectivity index (χ2n) is 6.79. The Kier molecular flexibility index (Phi) is 5.72. The lowest BCUT2D eigenvalue weighted by Crippen LogP contribution is -2.35. The topological polar surface area (TPSA) is 67.2 Å². The number of benzene rings is 2. The molecule has 1 amide bonds. The van der Waals surface area contributed by atoms with E-state index in [4.69, 9.17) is 0 Å². The number of nitrogens with zero attached hydrogens (tertiary/aromatic N) is 2. The summed E-state index contributed by atoms with van der Waals surface area (Å²) >= 11 is 0. The van der Waals surface area contributed by atoms with Crippen molar-refractivity contribution in [3.8, 4) is 22.4 Å². The predicted octanol–water partition coefficient (Wildman–Crippen LogP) is 3.66. The van der Waals surface area contributed by atoms with Gasteiger partial charge in [-0.15, -0.1) is 0 Å². The van der Waals surface area contributed by atoms with Crippen molar-refractivity contribution in [2.75, 3.05) is 6.61 Å². The van der Waals surface area contributed by atoms with Crippen molar-refractivity contribution in [2.45, 2.75) is 33.4 Å². The van der Waals surface area contributed by atoms with E-state index in [0.29, 0.717) is 5.56 Å². The molecule has 1 atom stereocenters. The van der Waals surface area contributed by atoms with Crippen LogP contribution >= 0.6 is 0 Å². The van der Waals surface area contributed by atoms with Crippen LogP contribution in [-0.4, -0.2) is 33.2 Å². The number of aryl methyl sites for hydroxylation is 2. The van der Waals surface area contributed by atoms with E-state index in [1.54, 1.807) is 13.3 Å². The first-order valence-corrected chi connectivity index (χ1v) is 9.16. The van der Waals surface area contributed by atoms with E-state index in [1.807, 2.05) is 22.9 Å². The van der Waals surface area contributed by atoms with Crippen LogP contribution in [0.1, 0.15) is 29.8 Å². The first-order valence-electron chi connectivity index (χ1n) is 9.16. The van der Waals surface area contributed by atoms with Gasteiger partial charge in [-0.3, -0.25) is 4.79 Å². The zero-order valence-electron chi connectivity index (χ0n) is 15.9. The van der Waals surface area contributed by atoms with Crippen molar-refractivity contribution in [1.29, 1.82) is 0 Å². The number of carbonyl (C=O) groups excluding carboxylic acids is 1. The third-order valence-corrected chi connectivity index (χ3v) is 4.58. The molecule has 0 unspecified atom stereocenters. The molecule has 3 aromatic rings. The first-order chi connectivity index (χ1) is 13.0. The zero-order chi connectivity index (χ0) is 19.4. The van der Waals surface area contributed by atoms with E-state index in [1.165, 1.54) is 5.56 Å². The van der Waals surface area contributed by atoms with Gasteiger partial charge < -0.3 is 15.0 Å². The van der Waals surface area contributed by atoms with Gasteiger partial charge in [-0.25, -0.2) is 4.98 Å². The number of carbonyl (C=O) groups is 1. The summed E-state index contributed by atoms with van der Waals surface area (Å²) in [4.78, 5) is 16.9. The van der Waals surface area contributed by atoms with Crippen molar-refractivity contribution in [2.24, 2.45) is 0 Å². The van der Waals surface area contributed by atoms with Crippen LogP contribution in [0, 0.1) is 6.92 Å². The molecular formula is C22H25N3O2. The Morgan fingerprint density at radius 1 is 1.15 bits per heavy atom. The van der Waals surface area contributed by atoms with Gasteiger partial charge in [0.05, 0.1) is 24.8 Å². The molecule has 0 aliphatic carbocycles. The summed E-state index contributed by atoms with van der Waals surface area (Å²) in [5.74, 6) is -0.200. The molecule has 27 heavy (non-hydrogen) atoms. The highest BCUT2D eigenvalue weighted by Gasteiger charge is 2.14. The summed E-state index contributed by atoms with van der Waals surface area (Å²) in [6.07, 6.45) is 3.61. The fraction of sp³-hybridized carbons (Fsp3) is 0.273. The Morgan fingerprint density at radius 2 is 1.85 bits per heavy atom. The van der Waals surface area contributed by atoms with E-state index in [-0.39, 0.29) is 18.6 Å². The Hall–Kier alpha value is -2.92. The summed E-state index contributed by atoms with van der Waals surface area (Å²) < 4.78 is 2.05. The quantitative estimate of drug-likeness (QED) is 0.702. The van der Waals surface area contributed by atoms with Crippen molar-refractivity contribution < 1.29 is 9.90 Å². The summed E-state index contributed by atoms with van der Waals surface area (Å²) in [7, 11) is 0. The van der Waals surface area contributed by atoms with E-state index < -0.39 is 0 Å². The highest BCUT2D eigenvalue weighted by Crippen LogP contribution is 2.28. The molecule has 0 spiro atoms. The first kappa shape index (κ1) is 18.9. The Balaban J connectivity index is 2.10. The second-order valence-corrected chi connectivity index (χ2v) is 6.79. The molecule has 2 N–H and O–H groups in total. The number of aliphatic hydroxyl groups excluding tert-OH is 1. The van der Waals surface area contributed by atoms with Crippen LogP contribution in [0.3, 0.4) is 0 Å². The monoisotopic (exact) mass is 363 g/mol.